The molecule has 3 N–H and O–H groups in total. The molecule has 0 aromatic rings. The van der Waals surface area contributed by atoms with Crippen molar-refractivity contribution in [1.82, 2.24) is 10.6 Å². The molecule has 7 heteroatoms. The van der Waals surface area contributed by atoms with Crippen LogP contribution in [0.25, 0.3) is 0 Å². The Labute approximate surface area is 111 Å². The third-order valence-electron chi connectivity index (χ3n) is 2.85. The summed E-state index contributed by atoms with van der Waals surface area (Å²) in [5.41, 5.74) is -0.396. The number of carboxylic acid groups (broad SMARTS) is 1. The second kappa shape index (κ2) is 6.84. The number of ether oxygens (including phenoxy) is 1. The van der Waals surface area contributed by atoms with Crippen LogP contribution in [-0.4, -0.2) is 53.9 Å². The number of rotatable bonds is 6. The van der Waals surface area contributed by atoms with Crippen molar-refractivity contribution < 1.29 is 19.4 Å². The number of amides is 2. The molecule has 1 aliphatic heterocycles. The monoisotopic (exact) mass is 276 g/mol. The molecule has 1 heterocycles. The summed E-state index contributed by atoms with van der Waals surface area (Å²) in [6, 6.07) is -1.29. The summed E-state index contributed by atoms with van der Waals surface area (Å²) in [4.78, 5) is 22.7. The van der Waals surface area contributed by atoms with E-state index in [-0.39, 0.29) is 0 Å². The van der Waals surface area contributed by atoms with Crippen molar-refractivity contribution in [3.63, 3.8) is 0 Å². The lowest BCUT2D eigenvalue weighted by Gasteiger charge is -2.25. The van der Waals surface area contributed by atoms with Crippen LogP contribution in [0.5, 0.6) is 0 Å². The highest BCUT2D eigenvalue weighted by Gasteiger charge is 2.32. The Kier molecular flexibility index (Phi) is 5.74. The van der Waals surface area contributed by atoms with Gasteiger partial charge in [-0.05, 0) is 31.8 Å². The summed E-state index contributed by atoms with van der Waals surface area (Å²) >= 11 is 1.55. The average molecular weight is 276 g/mol. The summed E-state index contributed by atoms with van der Waals surface area (Å²) in [5.74, 6) is -0.315. The predicted octanol–water partition coefficient (Wildman–Crippen LogP) is 0.671. The summed E-state index contributed by atoms with van der Waals surface area (Å²) in [6.45, 7) is 2.96. The Morgan fingerprint density at radius 2 is 2.28 bits per heavy atom. The van der Waals surface area contributed by atoms with Gasteiger partial charge in [-0.2, -0.15) is 11.8 Å². The molecule has 0 aromatic carbocycles. The lowest BCUT2D eigenvalue weighted by Crippen LogP contribution is -2.54. The zero-order valence-electron chi connectivity index (χ0n) is 10.7. The minimum absolute atomic E-state index is 0.396. The van der Waals surface area contributed by atoms with E-state index in [1.807, 2.05) is 13.2 Å². The molecule has 6 nitrogen and oxygen atoms in total. The summed E-state index contributed by atoms with van der Waals surface area (Å²) < 4.78 is 5.22. The Hall–Kier alpha value is -0.950. The molecule has 1 aliphatic rings. The Bertz CT molecular complexity index is 305. The summed E-state index contributed by atoms with van der Waals surface area (Å²) in [6.07, 6.45) is 3.05. The number of hydrogen-bond donors (Lipinski definition) is 3. The summed E-state index contributed by atoms with van der Waals surface area (Å²) in [5, 5.41) is 14.3. The Morgan fingerprint density at radius 1 is 1.56 bits per heavy atom. The van der Waals surface area contributed by atoms with Crippen LogP contribution in [0.2, 0.25) is 0 Å². The number of carbonyl (C=O) groups is 2. The van der Waals surface area contributed by atoms with Gasteiger partial charge in [0.05, 0.1) is 12.1 Å². The van der Waals surface area contributed by atoms with E-state index in [1.165, 1.54) is 0 Å². The third kappa shape index (κ3) is 4.73. The fourth-order valence-electron chi connectivity index (χ4n) is 1.73. The first-order chi connectivity index (χ1) is 8.47. The van der Waals surface area contributed by atoms with Gasteiger partial charge in [-0.1, -0.05) is 0 Å². The van der Waals surface area contributed by atoms with Crippen LogP contribution in [0, 0.1) is 0 Å². The van der Waals surface area contributed by atoms with Crippen molar-refractivity contribution in [2.24, 2.45) is 0 Å². The third-order valence-corrected chi connectivity index (χ3v) is 3.49. The number of hydrogen-bond acceptors (Lipinski definition) is 4. The molecule has 0 saturated carbocycles. The fraction of sp³-hybridized carbons (Fsp3) is 0.818. The number of nitrogens with one attached hydrogen (secondary N) is 2. The van der Waals surface area contributed by atoms with E-state index in [2.05, 4.69) is 10.6 Å². The van der Waals surface area contributed by atoms with Gasteiger partial charge in [-0.25, -0.2) is 9.59 Å². The highest BCUT2D eigenvalue weighted by Crippen LogP contribution is 2.17. The van der Waals surface area contributed by atoms with Gasteiger partial charge in [-0.15, -0.1) is 0 Å². The largest absolute Gasteiger partial charge is 0.480 e. The molecule has 0 aromatic heterocycles. The molecule has 0 spiro atoms. The maximum Gasteiger partial charge on any atom is 0.326 e. The van der Waals surface area contributed by atoms with Crippen molar-refractivity contribution in [1.29, 1.82) is 0 Å². The summed E-state index contributed by atoms with van der Waals surface area (Å²) in [7, 11) is 0. The van der Waals surface area contributed by atoms with E-state index in [0.717, 1.165) is 6.42 Å². The average Bonchev–Trinajstić information content (AvgIpc) is 2.70. The second-order valence-electron chi connectivity index (χ2n) is 4.63. The van der Waals surface area contributed by atoms with Crippen molar-refractivity contribution in [2.45, 2.75) is 31.3 Å². The smallest absolute Gasteiger partial charge is 0.326 e. The van der Waals surface area contributed by atoms with Crippen LogP contribution in [-0.2, 0) is 9.53 Å². The molecule has 0 bridgehead atoms. The topological polar surface area (TPSA) is 87.7 Å². The van der Waals surface area contributed by atoms with Crippen molar-refractivity contribution in [3.8, 4) is 0 Å². The SMILES string of the molecule is CSCCC(NC(=O)NC1(C)CCOC1)C(=O)O. The van der Waals surface area contributed by atoms with Gasteiger partial charge in [0.25, 0.3) is 0 Å². The fourth-order valence-corrected chi connectivity index (χ4v) is 2.20. The van der Waals surface area contributed by atoms with Crippen LogP contribution in [0.4, 0.5) is 4.79 Å². The molecular weight excluding hydrogens is 256 g/mol. The normalized spacial score (nSPS) is 24.6. The lowest BCUT2D eigenvalue weighted by molar-refractivity contribution is -0.139. The molecule has 1 fully saturated rings. The number of carboxylic acids is 1. The second-order valence-corrected chi connectivity index (χ2v) is 5.62. The van der Waals surface area contributed by atoms with E-state index in [0.29, 0.717) is 25.4 Å². The van der Waals surface area contributed by atoms with Gasteiger partial charge >= 0.3 is 12.0 Å². The Balaban J connectivity index is 2.43. The van der Waals surface area contributed by atoms with E-state index in [4.69, 9.17) is 9.84 Å². The van der Waals surface area contributed by atoms with Gasteiger partial charge in [-0.3, -0.25) is 0 Å². The van der Waals surface area contributed by atoms with Gasteiger partial charge < -0.3 is 20.5 Å². The van der Waals surface area contributed by atoms with E-state index >= 15 is 0 Å². The molecule has 104 valence electrons. The Morgan fingerprint density at radius 3 is 2.78 bits per heavy atom. The maximum absolute atomic E-state index is 11.7. The number of urea groups is 1. The van der Waals surface area contributed by atoms with Crippen molar-refractivity contribution in [2.75, 3.05) is 25.2 Å². The van der Waals surface area contributed by atoms with Crippen LogP contribution >= 0.6 is 11.8 Å². The lowest BCUT2D eigenvalue weighted by atomic mass is 10.0. The van der Waals surface area contributed by atoms with Crippen molar-refractivity contribution >= 4 is 23.8 Å². The minimum Gasteiger partial charge on any atom is -0.480 e. The molecule has 1 rings (SSSR count). The molecule has 2 amide bonds. The number of carbonyl (C=O) groups excluding carboxylic acids is 1. The number of aliphatic carboxylic acids is 1. The van der Waals surface area contributed by atoms with Crippen LogP contribution in [0.3, 0.4) is 0 Å². The molecule has 0 aliphatic carbocycles. The zero-order chi connectivity index (χ0) is 13.6. The van der Waals surface area contributed by atoms with Crippen LogP contribution in [0.1, 0.15) is 19.8 Å². The van der Waals surface area contributed by atoms with Gasteiger partial charge in [0, 0.05) is 6.61 Å². The molecular formula is C11H20N2O4S. The molecule has 0 radical (unpaired) electrons. The number of thioether (sulfide) groups is 1. The van der Waals surface area contributed by atoms with Crippen LogP contribution < -0.4 is 10.6 Å². The first-order valence-corrected chi connectivity index (χ1v) is 7.24. The molecule has 18 heavy (non-hydrogen) atoms. The van der Waals surface area contributed by atoms with E-state index in [9.17, 15) is 9.59 Å². The highest BCUT2D eigenvalue weighted by molar-refractivity contribution is 7.98. The van der Waals surface area contributed by atoms with Gasteiger partial charge in [0.15, 0.2) is 0 Å². The van der Waals surface area contributed by atoms with Crippen LogP contribution in [0.15, 0.2) is 0 Å². The maximum atomic E-state index is 11.7. The van der Waals surface area contributed by atoms with E-state index < -0.39 is 23.6 Å². The standard InChI is InChI=1S/C11H20N2O4S/c1-11(4-5-17-7-11)13-10(16)12-8(9(14)15)3-6-18-2/h8H,3-7H2,1-2H3,(H,14,15)(H2,12,13,16). The highest BCUT2D eigenvalue weighted by atomic mass is 32.2. The predicted molar refractivity (Wildman–Crippen MR) is 69.9 cm³/mol. The first kappa shape index (κ1) is 15.1. The van der Waals surface area contributed by atoms with Gasteiger partial charge in [0.2, 0.25) is 0 Å². The quantitative estimate of drug-likeness (QED) is 0.663. The van der Waals surface area contributed by atoms with Crippen molar-refractivity contribution in [3.05, 3.63) is 0 Å². The van der Waals surface area contributed by atoms with Gasteiger partial charge in [0.1, 0.15) is 6.04 Å². The first-order valence-electron chi connectivity index (χ1n) is 5.85. The molecule has 2 atom stereocenters. The molecule has 1 saturated heterocycles. The molecule has 2 unspecified atom stereocenters. The minimum atomic E-state index is -1.01. The zero-order valence-corrected chi connectivity index (χ0v) is 11.5. The van der Waals surface area contributed by atoms with E-state index in [1.54, 1.807) is 11.8 Å².